The van der Waals surface area contributed by atoms with Crippen molar-refractivity contribution in [3.8, 4) is 11.5 Å². The molecule has 0 radical (unpaired) electrons. The molecule has 1 amide bonds. The Morgan fingerprint density at radius 1 is 0.736 bits per heavy atom. The first-order valence-corrected chi connectivity index (χ1v) is 18.7. The van der Waals surface area contributed by atoms with E-state index < -0.39 is 39.3 Å². The molecule has 1 atom stereocenters. The third-order valence-corrected chi connectivity index (χ3v) is 10.1. The van der Waals surface area contributed by atoms with E-state index in [-0.39, 0.29) is 23.7 Å². The van der Waals surface area contributed by atoms with Crippen molar-refractivity contribution < 1.29 is 40.7 Å². The summed E-state index contributed by atoms with van der Waals surface area (Å²) in [6.45, 7) is 1.18. The number of hydroxylamine groups is 1. The normalized spacial score (nSPS) is 14.6. The maximum atomic E-state index is 14.4. The molecule has 1 aliphatic rings. The second-order valence-corrected chi connectivity index (χ2v) is 14.3. The van der Waals surface area contributed by atoms with Gasteiger partial charge in [-0.2, -0.15) is 13.2 Å². The van der Waals surface area contributed by atoms with Crippen LogP contribution in [0.2, 0.25) is 0 Å². The van der Waals surface area contributed by atoms with Gasteiger partial charge in [0.05, 0.1) is 37.3 Å². The van der Waals surface area contributed by atoms with Gasteiger partial charge in [0.1, 0.15) is 17.5 Å². The Morgan fingerprint density at radius 3 is 1.62 bits per heavy atom. The summed E-state index contributed by atoms with van der Waals surface area (Å²) in [4.78, 5) is 22.8. The van der Waals surface area contributed by atoms with E-state index in [4.69, 9.17) is 14.3 Å². The van der Waals surface area contributed by atoms with E-state index in [2.05, 4.69) is 5.48 Å². The number of rotatable bonds is 13. The maximum absolute atomic E-state index is 14.4. The van der Waals surface area contributed by atoms with Gasteiger partial charge in [0, 0.05) is 13.1 Å². The fourth-order valence-electron chi connectivity index (χ4n) is 6.26. The molecule has 1 aliphatic heterocycles. The van der Waals surface area contributed by atoms with Crippen LogP contribution in [0.15, 0.2) is 140 Å². The number of hydrogen-bond acceptors (Lipinski definition) is 7. The van der Waals surface area contributed by atoms with Gasteiger partial charge < -0.3 is 9.47 Å². The van der Waals surface area contributed by atoms with Crippen LogP contribution in [0.25, 0.3) is 0 Å². The number of anilines is 1. The summed E-state index contributed by atoms with van der Waals surface area (Å²) in [5.74, 6) is -0.112. The zero-order valence-electron chi connectivity index (χ0n) is 28.8. The van der Waals surface area contributed by atoms with Gasteiger partial charge in [-0.25, -0.2) is 13.9 Å². The molecule has 0 aromatic heterocycles. The van der Waals surface area contributed by atoms with Gasteiger partial charge in [0.25, 0.3) is 5.91 Å². The van der Waals surface area contributed by atoms with Crippen LogP contribution in [0.5, 0.6) is 11.5 Å². The van der Waals surface area contributed by atoms with Crippen LogP contribution in [0.1, 0.15) is 22.3 Å². The summed E-state index contributed by atoms with van der Waals surface area (Å²) in [7, 11) is -3.94. The van der Waals surface area contributed by atoms with Gasteiger partial charge in [-0.15, -0.1) is 0 Å². The molecule has 6 rings (SSSR count). The molecule has 5 aromatic rings. The van der Waals surface area contributed by atoms with E-state index in [1.807, 2.05) is 95.9 Å². The smallest absolute Gasteiger partial charge is 0.416 e. The fraction of sp³-hybridized carbons (Fsp3) is 0.225. The van der Waals surface area contributed by atoms with Crippen molar-refractivity contribution in [2.24, 2.45) is 0 Å². The molecule has 1 heterocycles. The van der Waals surface area contributed by atoms with Crippen molar-refractivity contribution in [2.75, 3.05) is 43.4 Å². The highest BCUT2D eigenvalue weighted by atomic mass is 32.2. The zero-order chi connectivity index (χ0) is 37.5. The van der Waals surface area contributed by atoms with E-state index in [1.54, 1.807) is 0 Å². The SMILES string of the molecule is CS(=O)(=O)N(CC(C(=O)NOC(c1ccccc1)(c1ccccc1)c1ccccc1)N1CCOCC1)c1ccc(Oc2ccc(C(F)(F)F)cc2)cc1. The number of nitrogens with zero attached hydrogens (tertiary/aromatic N) is 2. The van der Waals surface area contributed by atoms with E-state index in [1.165, 1.54) is 36.4 Å². The molecule has 1 fully saturated rings. The third kappa shape index (κ3) is 8.88. The molecular weight excluding hydrogens is 708 g/mol. The van der Waals surface area contributed by atoms with Crippen molar-refractivity contribution in [2.45, 2.75) is 17.8 Å². The fourth-order valence-corrected chi connectivity index (χ4v) is 7.18. The Hall–Kier alpha value is -5.21. The highest BCUT2D eigenvalue weighted by Gasteiger charge is 2.41. The third-order valence-electron chi connectivity index (χ3n) is 8.92. The Labute approximate surface area is 306 Å². The Bertz CT molecular complexity index is 1950. The molecule has 0 spiro atoms. The van der Waals surface area contributed by atoms with Crippen molar-refractivity contribution in [1.29, 1.82) is 0 Å². The quantitative estimate of drug-likeness (QED) is 0.102. The molecule has 9 nitrogen and oxygen atoms in total. The van der Waals surface area contributed by atoms with Crippen LogP contribution < -0.4 is 14.5 Å². The summed E-state index contributed by atoms with van der Waals surface area (Å²) in [6.07, 6.45) is -3.43. The molecule has 0 bridgehead atoms. The molecular formula is C40H38F3N3O6S. The summed E-state index contributed by atoms with van der Waals surface area (Å²) in [5.41, 5.74) is 3.20. The average molecular weight is 746 g/mol. The maximum Gasteiger partial charge on any atom is 0.416 e. The van der Waals surface area contributed by atoms with Crippen LogP contribution in [0.4, 0.5) is 18.9 Å². The van der Waals surface area contributed by atoms with Crippen LogP contribution in [0, 0.1) is 0 Å². The molecule has 1 unspecified atom stereocenters. The van der Waals surface area contributed by atoms with Crippen LogP contribution in [-0.4, -0.2) is 64.4 Å². The molecule has 0 aliphatic carbocycles. The number of alkyl halides is 3. The van der Waals surface area contributed by atoms with E-state index in [0.717, 1.165) is 39.4 Å². The van der Waals surface area contributed by atoms with Gasteiger partial charge in [-0.3, -0.25) is 18.8 Å². The highest BCUT2D eigenvalue weighted by molar-refractivity contribution is 7.92. The van der Waals surface area contributed by atoms with Gasteiger partial charge >= 0.3 is 6.18 Å². The Morgan fingerprint density at radius 2 is 1.19 bits per heavy atom. The average Bonchev–Trinajstić information content (AvgIpc) is 3.17. The number of benzene rings is 5. The lowest BCUT2D eigenvalue weighted by Gasteiger charge is -2.38. The summed E-state index contributed by atoms with van der Waals surface area (Å²) < 4.78 is 78.0. The Balaban J connectivity index is 1.29. The molecule has 5 aromatic carbocycles. The van der Waals surface area contributed by atoms with Gasteiger partial charge in [-0.1, -0.05) is 91.0 Å². The lowest BCUT2D eigenvalue weighted by atomic mass is 9.80. The molecule has 0 saturated carbocycles. The summed E-state index contributed by atoms with van der Waals surface area (Å²) in [6, 6.07) is 37.8. The predicted octanol–water partition coefficient (Wildman–Crippen LogP) is 7.00. The van der Waals surface area contributed by atoms with Gasteiger partial charge in [-0.05, 0) is 65.2 Å². The minimum Gasteiger partial charge on any atom is -0.457 e. The molecule has 1 N–H and O–H groups in total. The second kappa shape index (κ2) is 16.2. The highest BCUT2D eigenvalue weighted by Crippen LogP contribution is 2.40. The van der Waals surface area contributed by atoms with E-state index in [9.17, 15) is 26.4 Å². The first kappa shape index (κ1) is 37.5. The monoisotopic (exact) mass is 745 g/mol. The second-order valence-electron chi connectivity index (χ2n) is 12.4. The first-order valence-electron chi connectivity index (χ1n) is 16.8. The number of carbonyl (C=O) groups is 1. The minimum absolute atomic E-state index is 0.173. The summed E-state index contributed by atoms with van der Waals surface area (Å²) >= 11 is 0. The zero-order valence-corrected chi connectivity index (χ0v) is 29.6. The number of nitrogens with one attached hydrogen (secondary N) is 1. The van der Waals surface area contributed by atoms with Crippen LogP contribution in [0.3, 0.4) is 0 Å². The van der Waals surface area contributed by atoms with Crippen molar-refractivity contribution in [1.82, 2.24) is 10.4 Å². The number of carbonyl (C=O) groups excluding carboxylic acids is 1. The van der Waals surface area contributed by atoms with Crippen LogP contribution >= 0.6 is 0 Å². The molecule has 13 heteroatoms. The molecule has 1 saturated heterocycles. The Kier molecular flexibility index (Phi) is 11.5. The number of hydrogen-bond donors (Lipinski definition) is 1. The number of sulfonamides is 1. The van der Waals surface area contributed by atoms with Gasteiger partial charge in [0.15, 0.2) is 5.60 Å². The molecule has 53 heavy (non-hydrogen) atoms. The van der Waals surface area contributed by atoms with Crippen molar-refractivity contribution in [3.05, 3.63) is 162 Å². The van der Waals surface area contributed by atoms with Crippen molar-refractivity contribution >= 4 is 21.6 Å². The largest absolute Gasteiger partial charge is 0.457 e. The van der Waals surface area contributed by atoms with E-state index >= 15 is 0 Å². The van der Waals surface area contributed by atoms with E-state index in [0.29, 0.717) is 26.3 Å². The number of ether oxygens (including phenoxy) is 2. The number of amides is 1. The standard InChI is InChI=1S/C40H38F3N3O6S/c1-53(48,49)46(34-19-23-36(24-20-34)51-35-21-17-33(18-22-35)40(41,42)43)29-37(45-25-27-50-28-26-45)38(47)44-52-39(30-11-5-2-6-12-30,31-13-7-3-8-14-31)32-15-9-4-10-16-32/h2-24,37H,25-29H2,1H3,(H,44,47). The first-order chi connectivity index (χ1) is 25.4. The van der Waals surface area contributed by atoms with Crippen molar-refractivity contribution in [3.63, 3.8) is 0 Å². The lowest BCUT2D eigenvalue weighted by molar-refractivity contribution is -0.150. The van der Waals surface area contributed by atoms with Gasteiger partial charge in [0.2, 0.25) is 10.0 Å². The topological polar surface area (TPSA) is 97.4 Å². The molecule has 276 valence electrons. The minimum atomic E-state index is -4.48. The number of halogens is 3. The predicted molar refractivity (Wildman–Crippen MR) is 195 cm³/mol. The van der Waals surface area contributed by atoms with Crippen LogP contribution in [-0.2, 0) is 36.2 Å². The number of morpholine rings is 1. The summed E-state index contributed by atoms with van der Waals surface area (Å²) in [5, 5.41) is 0. The lowest BCUT2D eigenvalue weighted by Crippen LogP contribution is -2.57.